The molecule has 0 saturated carbocycles. The summed E-state index contributed by atoms with van der Waals surface area (Å²) in [6.45, 7) is 3.05. The van der Waals surface area contributed by atoms with Gasteiger partial charge >= 0.3 is 5.97 Å². The predicted molar refractivity (Wildman–Crippen MR) is 159 cm³/mol. The summed E-state index contributed by atoms with van der Waals surface area (Å²) in [7, 11) is 1.76. The van der Waals surface area contributed by atoms with E-state index in [0.29, 0.717) is 25.4 Å². The van der Waals surface area contributed by atoms with Crippen LogP contribution in [0.2, 0.25) is 0 Å². The summed E-state index contributed by atoms with van der Waals surface area (Å²) in [6, 6.07) is 16.4. The molecule has 230 valence electrons. The lowest BCUT2D eigenvalue weighted by atomic mass is 9.99. The summed E-state index contributed by atoms with van der Waals surface area (Å²) in [6.07, 6.45) is 6.12. The minimum Gasteiger partial charge on any atom is -0.481 e. The molecule has 2 saturated heterocycles. The highest BCUT2D eigenvalue weighted by Gasteiger charge is 2.35. The number of carboxylic acids is 1. The number of carboxylic acid groups (broad SMARTS) is 1. The molecule has 4 rings (SSSR count). The molecule has 2 aromatic rings. The van der Waals surface area contributed by atoms with Crippen LogP contribution in [0.3, 0.4) is 0 Å². The van der Waals surface area contributed by atoms with E-state index >= 15 is 0 Å². The Morgan fingerprint density at radius 1 is 0.952 bits per heavy atom. The number of rotatable bonds is 16. The van der Waals surface area contributed by atoms with Crippen molar-refractivity contribution in [3.05, 3.63) is 70.8 Å². The molecule has 0 aliphatic carbocycles. The number of benzene rings is 2. The maximum Gasteiger partial charge on any atom is 0.303 e. The van der Waals surface area contributed by atoms with Gasteiger partial charge in [-0.3, -0.25) is 14.5 Å². The van der Waals surface area contributed by atoms with Crippen molar-refractivity contribution in [2.45, 2.75) is 95.5 Å². The lowest BCUT2D eigenvalue weighted by molar-refractivity contribution is -0.253. The molecule has 0 spiro atoms. The highest BCUT2D eigenvalue weighted by atomic mass is 16.7. The smallest absolute Gasteiger partial charge is 0.303 e. The number of ether oxygens (including phenoxy) is 3. The third-order valence-corrected chi connectivity index (χ3v) is 8.20. The second kappa shape index (κ2) is 16.7. The van der Waals surface area contributed by atoms with Gasteiger partial charge in [0.25, 0.3) is 0 Å². The van der Waals surface area contributed by atoms with Crippen LogP contribution >= 0.6 is 0 Å². The zero-order chi connectivity index (χ0) is 29.7. The Bertz CT molecular complexity index is 1110. The number of aliphatic carboxylic acids is 1. The number of methoxy groups -OCH3 is 1. The Hall–Kier alpha value is -2.82. The summed E-state index contributed by atoms with van der Waals surface area (Å²) in [4.78, 5) is 25.3. The molecule has 2 aromatic carbocycles. The van der Waals surface area contributed by atoms with Crippen LogP contribution in [-0.4, -0.2) is 65.9 Å². The van der Waals surface area contributed by atoms with Gasteiger partial charge in [0.2, 0.25) is 5.91 Å². The normalized spacial score (nSPS) is 22.7. The summed E-state index contributed by atoms with van der Waals surface area (Å²) < 4.78 is 18.5. The molecule has 4 atom stereocenters. The van der Waals surface area contributed by atoms with Gasteiger partial charge in [-0.1, -0.05) is 61.4 Å². The van der Waals surface area contributed by atoms with E-state index < -0.39 is 12.3 Å². The molecule has 3 N–H and O–H groups in total. The van der Waals surface area contributed by atoms with Crippen LogP contribution in [0.15, 0.2) is 48.5 Å². The number of unbranched alkanes of at least 4 members (excludes halogenated alkanes) is 3. The summed E-state index contributed by atoms with van der Waals surface area (Å²) >= 11 is 0. The van der Waals surface area contributed by atoms with Crippen LogP contribution < -0.4 is 5.32 Å². The molecule has 9 heteroatoms. The molecule has 0 unspecified atom stereocenters. The van der Waals surface area contributed by atoms with Crippen LogP contribution in [0.1, 0.15) is 92.4 Å². The number of nitrogens with one attached hydrogen (secondary N) is 1. The highest BCUT2D eigenvalue weighted by molar-refractivity contribution is 5.75. The number of carbonyl (C=O) groups is 2. The Morgan fingerprint density at radius 3 is 2.33 bits per heavy atom. The van der Waals surface area contributed by atoms with Gasteiger partial charge in [-0.25, -0.2) is 0 Å². The first-order chi connectivity index (χ1) is 20.4. The molecule has 1 amide bonds. The first-order valence-corrected chi connectivity index (χ1v) is 15.3. The van der Waals surface area contributed by atoms with E-state index in [1.165, 1.54) is 0 Å². The number of hydrogen-bond acceptors (Lipinski definition) is 7. The number of likely N-dealkylation sites (tertiary alicyclic amines) is 1. The molecular weight excluding hydrogens is 536 g/mol. The third kappa shape index (κ3) is 9.88. The first-order valence-electron chi connectivity index (χ1n) is 15.3. The van der Waals surface area contributed by atoms with E-state index in [9.17, 15) is 14.7 Å². The number of nitrogens with zero attached hydrogens (tertiary/aromatic N) is 1. The molecule has 2 heterocycles. The topological polar surface area (TPSA) is 118 Å². The molecule has 2 fully saturated rings. The number of carbonyl (C=O) groups excluding carboxylic acids is 1. The van der Waals surface area contributed by atoms with E-state index in [4.69, 9.17) is 19.3 Å². The minimum absolute atomic E-state index is 0.00264. The van der Waals surface area contributed by atoms with E-state index in [0.717, 1.165) is 80.5 Å². The van der Waals surface area contributed by atoms with Gasteiger partial charge in [-0.15, -0.1) is 0 Å². The lowest BCUT2D eigenvalue weighted by Crippen LogP contribution is -2.42. The Kier molecular flexibility index (Phi) is 12.8. The Labute approximate surface area is 249 Å². The monoisotopic (exact) mass is 582 g/mol. The predicted octanol–water partition coefficient (Wildman–Crippen LogP) is 4.88. The van der Waals surface area contributed by atoms with Crippen molar-refractivity contribution in [2.24, 2.45) is 0 Å². The number of aliphatic hydroxyl groups excluding tert-OH is 1. The second-order valence-electron chi connectivity index (χ2n) is 11.4. The van der Waals surface area contributed by atoms with E-state index in [1.807, 2.05) is 48.5 Å². The molecule has 0 aromatic heterocycles. The fraction of sp³-hybridized carbons (Fsp3) is 0.576. The van der Waals surface area contributed by atoms with Crippen LogP contribution in [0.5, 0.6) is 0 Å². The molecule has 42 heavy (non-hydrogen) atoms. The quantitative estimate of drug-likeness (QED) is 0.240. The molecular formula is C33H46N2O7. The van der Waals surface area contributed by atoms with Gasteiger partial charge in [0, 0.05) is 51.1 Å². The van der Waals surface area contributed by atoms with Gasteiger partial charge in [0.15, 0.2) is 6.29 Å². The third-order valence-electron chi connectivity index (χ3n) is 8.20. The van der Waals surface area contributed by atoms with E-state index in [-0.39, 0.29) is 31.1 Å². The SMILES string of the molecule is COC[C@@H]1CCCN1C[C@H]1C[C@@H](c2ccc(CO)cc2)O[C@@H](c2ccc(CNC(=O)CCCCCCC(=O)O)cc2)O1. The number of hydrogen-bond donors (Lipinski definition) is 3. The van der Waals surface area contributed by atoms with Crippen molar-refractivity contribution < 1.29 is 34.0 Å². The van der Waals surface area contributed by atoms with Crippen molar-refractivity contribution in [2.75, 3.05) is 26.8 Å². The summed E-state index contributed by atoms with van der Waals surface area (Å²) in [5, 5.41) is 21.1. The van der Waals surface area contributed by atoms with Gasteiger partial charge in [0.05, 0.1) is 25.4 Å². The van der Waals surface area contributed by atoms with Crippen molar-refractivity contribution >= 4 is 11.9 Å². The Morgan fingerprint density at radius 2 is 1.64 bits per heavy atom. The van der Waals surface area contributed by atoms with Crippen LogP contribution in [0.4, 0.5) is 0 Å². The lowest BCUT2D eigenvalue weighted by Gasteiger charge is -2.38. The zero-order valence-electron chi connectivity index (χ0n) is 24.7. The van der Waals surface area contributed by atoms with Crippen molar-refractivity contribution in [3.63, 3.8) is 0 Å². The van der Waals surface area contributed by atoms with Gasteiger partial charge < -0.3 is 29.7 Å². The summed E-state index contributed by atoms with van der Waals surface area (Å²) in [5.41, 5.74) is 3.87. The summed E-state index contributed by atoms with van der Waals surface area (Å²) in [5.74, 6) is -0.769. The van der Waals surface area contributed by atoms with Gasteiger partial charge in [-0.05, 0) is 48.9 Å². The van der Waals surface area contributed by atoms with Crippen LogP contribution in [-0.2, 0) is 37.0 Å². The van der Waals surface area contributed by atoms with Crippen LogP contribution in [0.25, 0.3) is 0 Å². The van der Waals surface area contributed by atoms with Crippen molar-refractivity contribution in [3.8, 4) is 0 Å². The second-order valence-corrected chi connectivity index (χ2v) is 11.4. The molecule has 9 nitrogen and oxygen atoms in total. The highest BCUT2D eigenvalue weighted by Crippen LogP contribution is 2.38. The molecule has 0 radical (unpaired) electrons. The average molecular weight is 583 g/mol. The standard InChI is InChI=1S/C33H46N2O7/c1-40-23-28-7-6-18-35(28)21-29-19-30(26-14-12-25(22-36)13-15-26)42-33(41-29)27-16-10-24(11-17-27)20-34-31(37)8-4-2-3-5-9-32(38)39/h10-17,28-30,33,36H,2-9,18-23H2,1H3,(H,34,37)(H,38,39)/t28-,29+,30-,33-/m0/s1. The largest absolute Gasteiger partial charge is 0.481 e. The maximum absolute atomic E-state index is 12.3. The Balaban J connectivity index is 1.33. The molecule has 0 bridgehead atoms. The number of aliphatic hydroxyl groups is 1. The maximum atomic E-state index is 12.3. The fourth-order valence-corrected chi connectivity index (χ4v) is 5.81. The average Bonchev–Trinajstić information content (AvgIpc) is 3.44. The molecule has 2 aliphatic rings. The molecule has 2 aliphatic heterocycles. The van der Waals surface area contributed by atoms with E-state index in [2.05, 4.69) is 10.2 Å². The van der Waals surface area contributed by atoms with Crippen molar-refractivity contribution in [1.82, 2.24) is 10.2 Å². The van der Waals surface area contributed by atoms with Crippen molar-refractivity contribution in [1.29, 1.82) is 0 Å². The van der Waals surface area contributed by atoms with E-state index in [1.54, 1.807) is 7.11 Å². The fourth-order valence-electron chi connectivity index (χ4n) is 5.81. The van der Waals surface area contributed by atoms with Gasteiger partial charge in [-0.2, -0.15) is 0 Å². The van der Waals surface area contributed by atoms with Gasteiger partial charge in [0.1, 0.15) is 0 Å². The number of amides is 1. The van der Waals surface area contributed by atoms with Crippen LogP contribution in [0, 0.1) is 0 Å². The first kappa shape index (κ1) is 32.1. The zero-order valence-corrected chi connectivity index (χ0v) is 24.7. The minimum atomic E-state index is -0.772.